The molecular weight excluding hydrogens is 807 g/mol. The quantitative estimate of drug-likeness (QED) is 0.167. The molecule has 6 nitrogen and oxygen atoms in total. The van der Waals surface area contributed by atoms with Crippen LogP contribution >= 0.6 is 0 Å². The van der Waals surface area contributed by atoms with Gasteiger partial charge in [-0.2, -0.15) is 9.97 Å². The van der Waals surface area contributed by atoms with Gasteiger partial charge in [0.2, 0.25) is 5.95 Å². The first-order valence-electron chi connectivity index (χ1n) is 22.4. The van der Waals surface area contributed by atoms with Gasteiger partial charge in [-0.3, -0.25) is 4.90 Å². The largest absolute Gasteiger partial charge is 0.453 e. The average Bonchev–Trinajstić information content (AvgIpc) is 3.83. The first-order valence-corrected chi connectivity index (χ1v) is 22.4. The average molecular weight is 848 g/mol. The molecule has 312 valence electrons. The number of nitrogens with zero attached hydrogens (tertiary/aromatic N) is 5. The highest BCUT2D eigenvalue weighted by molar-refractivity contribution is 6.10. The van der Waals surface area contributed by atoms with Crippen molar-refractivity contribution in [2.24, 2.45) is 0 Å². The second-order valence-electron chi connectivity index (χ2n) is 17.7. The Morgan fingerprint density at radius 2 is 0.985 bits per heavy atom. The van der Waals surface area contributed by atoms with Gasteiger partial charge in [0.15, 0.2) is 23.1 Å². The van der Waals surface area contributed by atoms with E-state index in [9.17, 15) is 0 Å². The molecule has 0 atom stereocenters. The van der Waals surface area contributed by atoms with Crippen LogP contribution in [0.3, 0.4) is 0 Å². The van der Waals surface area contributed by atoms with Crippen LogP contribution < -0.4 is 9.64 Å². The Hall–Kier alpha value is -8.61. The van der Waals surface area contributed by atoms with E-state index in [4.69, 9.17) is 19.7 Å². The molecule has 0 fully saturated rings. The molecule has 13 rings (SSSR count). The molecule has 9 aromatic carbocycles. The monoisotopic (exact) mass is 847 g/mol. The number of hydrogen-bond acceptors (Lipinski definition) is 5. The number of rotatable bonds is 6. The molecule has 6 heteroatoms. The zero-order valence-electron chi connectivity index (χ0n) is 36.4. The molecule has 2 aliphatic rings. The van der Waals surface area contributed by atoms with Gasteiger partial charge in [0.1, 0.15) is 0 Å². The predicted molar refractivity (Wildman–Crippen MR) is 268 cm³/mol. The van der Waals surface area contributed by atoms with Crippen molar-refractivity contribution in [1.29, 1.82) is 0 Å². The van der Waals surface area contributed by atoms with Crippen molar-refractivity contribution in [2.45, 2.75) is 19.3 Å². The zero-order chi connectivity index (χ0) is 43.9. The highest BCUT2D eigenvalue weighted by Crippen LogP contribution is 2.52. The van der Waals surface area contributed by atoms with E-state index in [2.05, 4.69) is 151 Å². The number of anilines is 3. The first kappa shape index (κ1) is 37.9. The molecule has 2 aromatic heterocycles. The van der Waals surface area contributed by atoms with Gasteiger partial charge >= 0.3 is 0 Å². The number of aromatic nitrogens is 4. The fourth-order valence-corrected chi connectivity index (χ4v) is 10.2. The summed E-state index contributed by atoms with van der Waals surface area (Å²) in [5.74, 6) is 3.14. The molecule has 0 amide bonds. The molecule has 0 N–H and O–H groups in total. The zero-order valence-corrected chi connectivity index (χ0v) is 36.4. The summed E-state index contributed by atoms with van der Waals surface area (Å²) in [5, 5.41) is 2.47. The van der Waals surface area contributed by atoms with Crippen molar-refractivity contribution < 1.29 is 4.74 Å². The van der Waals surface area contributed by atoms with Crippen LogP contribution in [0.4, 0.5) is 17.3 Å². The fourth-order valence-electron chi connectivity index (χ4n) is 10.2. The minimum Gasteiger partial charge on any atom is -0.453 e. The minimum atomic E-state index is -0.0509. The van der Waals surface area contributed by atoms with Gasteiger partial charge in [0, 0.05) is 33.0 Å². The van der Waals surface area contributed by atoms with Gasteiger partial charge in [-0.25, -0.2) is 4.98 Å². The van der Waals surface area contributed by atoms with Gasteiger partial charge in [0.05, 0.1) is 22.4 Å². The summed E-state index contributed by atoms with van der Waals surface area (Å²) in [6, 6.07) is 74.9. The van der Waals surface area contributed by atoms with Crippen molar-refractivity contribution in [3.05, 3.63) is 223 Å². The number of para-hydroxylation sites is 3. The van der Waals surface area contributed by atoms with Crippen LogP contribution in [0, 0.1) is 0 Å². The lowest BCUT2D eigenvalue weighted by molar-refractivity contribution is 0.476. The van der Waals surface area contributed by atoms with Crippen LogP contribution in [0.25, 0.3) is 83.6 Å². The molecule has 1 aliphatic carbocycles. The van der Waals surface area contributed by atoms with Crippen LogP contribution in [0.2, 0.25) is 0 Å². The van der Waals surface area contributed by atoms with E-state index in [1.807, 2.05) is 84.9 Å². The summed E-state index contributed by atoms with van der Waals surface area (Å²) in [5.41, 5.74) is 16.8. The van der Waals surface area contributed by atoms with E-state index in [0.29, 0.717) is 23.3 Å². The third-order valence-electron chi connectivity index (χ3n) is 13.4. The van der Waals surface area contributed by atoms with E-state index in [0.717, 1.165) is 56.2 Å². The topological polar surface area (TPSA) is 56.1 Å². The summed E-state index contributed by atoms with van der Waals surface area (Å²) < 4.78 is 9.15. The number of hydrogen-bond donors (Lipinski definition) is 0. The summed E-state index contributed by atoms with van der Waals surface area (Å²) in [6.45, 7) is 4.67. The lowest BCUT2D eigenvalue weighted by Gasteiger charge is -2.31. The Kier molecular flexibility index (Phi) is 8.46. The summed E-state index contributed by atoms with van der Waals surface area (Å²) in [4.78, 5) is 17.3. The van der Waals surface area contributed by atoms with Gasteiger partial charge in [0.25, 0.3) is 0 Å². The normalized spacial score (nSPS) is 13.2. The first-order chi connectivity index (χ1) is 32.5. The summed E-state index contributed by atoms with van der Waals surface area (Å²) in [6.07, 6.45) is 0. The van der Waals surface area contributed by atoms with Crippen molar-refractivity contribution >= 4 is 39.1 Å². The fraction of sp³-hybridized carbons (Fsp3) is 0.0500. The van der Waals surface area contributed by atoms with Crippen LogP contribution in [0.1, 0.15) is 25.0 Å². The lowest BCUT2D eigenvalue weighted by atomic mass is 9.82. The Balaban J connectivity index is 0.906. The maximum atomic E-state index is 6.71. The predicted octanol–water partition coefficient (Wildman–Crippen LogP) is 15.5. The Labute approximate surface area is 382 Å². The van der Waals surface area contributed by atoms with Crippen molar-refractivity contribution in [3.8, 4) is 73.3 Å². The molecule has 11 aromatic rings. The SMILES string of the molecule is CC1(C)c2ccccc2-c2cc(-n3c4ccccc4c4ccc(-c5cccc(-c6ccc7c(c6)Oc6ccccc6N7c6nc(-c7ccccc7)nc(-c7ccccc7)n6)c5)cc43)ccc21. The molecule has 0 saturated heterocycles. The van der Waals surface area contributed by atoms with Crippen molar-refractivity contribution in [2.75, 3.05) is 4.90 Å². The van der Waals surface area contributed by atoms with Crippen LogP contribution in [0.5, 0.6) is 11.5 Å². The molecule has 0 saturated carbocycles. The van der Waals surface area contributed by atoms with Crippen molar-refractivity contribution in [3.63, 3.8) is 0 Å². The number of fused-ring (bicyclic) bond motifs is 8. The lowest BCUT2D eigenvalue weighted by Crippen LogP contribution is -2.19. The second-order valence-corrected chi connectivity index (χ2v) is 17.7. The summed E-state index contributed by atoms with van der Waals surface area (Å²) >= 11 is 0. The van der Waals surface area contributed by atoms with E-state index in [-0.39, 0.29) is 5.41 Å². The van der Waals surface area contributed by atoms with Crippen molar-refractivity contribution in [1.82, 2.24) is 19.5 Å². The molecule has 3 heterocycles. The van der Waals surface area contributed by atoms with Gasteiger partial charge in [-0.1, -0.05) is 172 Å². The Morgan fingerprint density at radius 1 is 0.394 bits per heavy atom. The molecule has 1 aliphatic heterocycles. The Bertz CT molecular complexity index is 3670. The minimum absolute atomic E-state index is 0.0509. The van der Waals surface area contributed by atoms with Crippen LogP contribution in [-0.4, -0.2) is 19.5 Å². The van der Waals surface area contributed by atoms with Gasteiger partial charge in [-0.15, -0.1) is 0 Å². The van der Waals surface area contributed by atoms with Gasteiger partial charge < -0.3 is 9.30 Å². The molecule has 0 radical (unpaired) electrons. The highest BCUT2D eigenvalue weighted by Gasteiger charge is 2.35. The molecule has 66 heavy (non-hydrogen) atoms. The molecule has 0 bridgehead atoms. The number of benzene rings is 9. The Morgan fingerprint density at radius 3 is 1.77 bits per heavy atom. The second kappa shape index (κ2) is 14.7. The van der Waals surface area contributed by atoms with E-state index >= 15 is 0 Å². The van der Waals surface area contributed by atoms with E-state index in [1.54, 1.807) is 0 Å². The van der Waals surface area contributed by atoms with E-state index < -0.39 is 0 Å². The molecule has 0 unspecified atom stereocenters. The third-order valence-corrected chi connectivity index (χ3v) is 13.4. The maximum absolute atomic E-state index is 6.71. The number of ether oxygens (including phenoxy) is 1. The molecule has 0 spiro atoms. The third kappa shape index (κ3) is 5.99. The van der Waals surface area contributed by atoms with E-state index in [1.165, 1.54) is 44.1 Å². The standard InChI is InChI=1S/C60H41N5O/c1-60(2)49-24-11-9-22-45(49)48-37-44(30-32-50(48)60)64-51-25-12-10-23-46(51)47-31-28-42(35-54(47)64)40-20-15-21-41(34-40)43-29-33-53-56(36-43)66-55-27-14-13-26-52(55)65(53)59-62-57(38-16-5-3-6-17-38)61-58(63-59)39-18-7-4-8-19-39/h3-37H,1-2H3. The van der Waals surface area contributed by atoms with Gasteiger partial charge in [-0.05, 0) is 99.1 Å². The van der Waals surface area contributed by atoms with Crippen LogP contribution in [-0.2, 0) is 5.41 Å². The van der Waals surface area contributed by atoms with Crippen LogP contribution in [0.15, 0.2) is 212 Å². The maximum Gasteiger partial charge on any atom is 0.239 e. The molecular formula is C60H41N5O. The highest BCUT2D eigenvalue weighted by atomic mass is 16.5. The summed E-state index contributed by atoms with van der Waals surface area (Å²) in [7, 11) is 0. The smallest absolute Gasteiger partial charge is 0.239 e.